The molecule has 0 aliphatic heterocycles. The lowest BCUT2D eigenvalue weighted by atomic mass is 10.1. The highest BCUT2D eigenvalue weighted by molar-refractivity contribution is 5.78. The Hall–Kier alpha value is -3.00. The number of amides is 1. The Balaban J connectivity index is 1.75. The molecule has 23 heavy (non-hydrogen) atoms. The van der Waals surface area contributed by atoms with Crippen molar-refractivity contribution < 1.29 is 9.90 Å². The van der Waals surface area contributed by atoms with Crippen LogP contribution < -0.4 is 10.9 Å². The summed E-state index contributed by atoms with van der Waals surface area (Å²) in [6.45, 7) is -0.230. The van der Waals surface area contributed by atoms with E-state index in [1.807, 2.05) is 30.3 Å². The Bertz CT molecular complexity index is 871. The number of aromatic nitrogens is 4. The number of nitrogens with zero attached hydrogens (tertiary/aromatic N) is 3. The second-order valence-electron chi connectivity index (χ2n) is 5.00. The van der Waals surface area contributed by atoms with Gasteiger partial charge in [0, 0.05) is 11.8 Å². The first-order chi connectivity index (χ1) is 11.2. The fourth-order valence-electron chi connectivity index (χ4n) is 2.29. The number of aromatic amines is 1. The van der Waals surface area contributed by atoms with Gasteiger partial charge in [0.15, 0.2) is 0 Å². The summed E-state index contributed by atoms with van der Waals surface area (Å²) in [5, 5.41) is 14.8. The number of aliphatic hydroxyl groups is 1. The van der Waals surface area contributed by atoms with E-state index in [0.717, 1.165) is 5.56 Å². The van der Waals surface area contributed by atoms with E-state index < -0.39 is 6.04 Å². The summed E-state index contributed by atoms with van der Waals surface area (Å²) in [4.78, 5) is 32.2. The van der Waals surface area contributed by atoms with E-state index in [2.05, 4.69) is 20.4 Å². The molecule has 0 unspecified atom stereocenters. The molecule has 8 heteroatoms. The lowest BCUT2D eigenvalue weighted by Gasteiger charge is -2.16. The van der Waals surface area contributed by atoms with Crippen LogP contribution in [0.15, 0.2) is 47.7 Å². The average molecular weight is 313 g/mol. The molecule has 2 aromatic heterocycles. The second kappa shape index (κ2) is 6.41. The molecule has 0 aliphatic rings. The summed E-state index contributed by atoms with van der Waals surface area (Å²) >= 11 is 0. The largest absolute Gasteiger partial charge is 0.394 e. The molecule has 0 saturated carbocycles. The summed E-state index contributed by atoms with van der Waals surface area (Å²) in [7, 11) is 0. The van der Waals surface area contributed by atoms with Gasteiger partial charge in [0.1, 0.15) is 6.33 Å². The fourth-order valence-corrected chi connectivity index (χ4v) is 2.29. The summed E-state index contributed by atoms with van der Waals surface area (Å²) in [6.07, 6.45) is 2.57. The number of benzene rings is 1. The van der Waals surface area contributed by atoms with E-state index in [1.54, 1.807) is 0 Å². The number of aliphatic hydroxyl groups excluding tert-OH is 1. The highest BCUT2D eigenvalue weighted by Gasteiger charge is 2.16. The van der Waals surface area contributed by atoms with Crippen molar-refractivity contribution in [3.8, 4) is 0 Å². The Morgan fingerprint density at radius 1 is 1.30 bits per heavy atom. The van der Waals surface area contributed by atoms with Crippen molar-refractivity contribution in [3.63, 3.8) is 0 Å². The van der Waals surface area contributed by atoms with E-state index in [-0.39, 0.29) is 35.8 Å². The molecule has 3 rings (SSSR count). The van der Waals surface area contributed by atoms with Crippen molar-refractivity contribution in [1.82, 2.24) is 24.9 Å². The normalized spacial score (nSPS) is 12.2. The number of carbonyl (C=O) groups excluding carboxylic acids is 1. The van der Waals surface area contributed by atoms with Gasteiger partial charge in [-0.25, -0.2) is 9.97 Å². The van der Waals surface area contributed by atoms with E-state index >= 15 is 0 Å². The molecule has 2 heterocycles. The van der Waals surface area contributed by atoms with Gasteiger partial charge >= 0.3 is 0 Å². The Labute approximate surface area is 130 Å². The minimum absolute atomic E-state index is 0.128. The Morgan fingerprint density at radius 2 is 2.09 bits per heavy atom. The number of nitrogens with one attached hydrogen (secondary N) is 2. The highest BCUT2D eigenvalue weighted by atomic mass is 16.3. The first-order valence-corrected chi connectivity index (χ1v) is 7.04. The summed E-state index contributed by atoms with van der Waals surface area (Å²) in [6, 6.07) is 8.61. The molecule has 1 amide bonds. The molecule has 0 spiro atoms. The van der Waals surface area contributed by atoms with E-state index in [0.29, 0.717) is 0 Å². The monoisotopic (exact) mass is 313 g/mol. The summed E-state index contributed by atoms with van der Waals surface area (Å²) < 4.78 is 1.17. The highest BCUT2D eigenvalue weighted by Crippen LogP contribution is 2.11. The number of hydrogen-bond donors (Lipinski definition) is 3. The fraction of sp³-hybridized carbons (Fsp3) is 0.200. The number of rotatable bonds is 5. The van der Waals surface area contributed by atoms with Gasteiger partial charge in [-0.3, -0.25) is 14.7 Å². The maximum atomic E-state index is 12.2. The zero-order valence-corrected chi connectivity index (χ0v) is 12.1. The average Bonchev–Trinajstić information content (AvgIpc) is 3.05. The minimum atomic E-state index is -0.518. The number of H-pyrrole nitrogens is 1. The topological polar surface area (TPSA) is 112 Å². The van der Waals surface area contributed by atoms with Crippen LogP contribution in [0.25, 0.3) is 5.78 Å². The molecule has 0 fully saturated rings. The SMILES string of the molecule is O=C(Cc1cnc2nc[nH]n2c1=O)N[C@@H](CO)c1ccccc1. The zero-order valence-electron chi connectivity index (χ0n) is 12.1. The maximum Gasteiger partial charge on any atom is 0.277 e. The van der Waals surface area contributed by atoms with Crippen LogP contribution in [-0.2, 0) is 11.2 Å². The molecule has 0 radical (unpaired) electrons. The van der Waals surface area contributed by atoms with Crippen molar-refractivity contribution in [3.05, 3.63) is 64.3 Å². The van der Waals surface area contributed by atoms with E-state index in [4.69, 9.17) is 0 Å². The third kappa shape index (κ3) is 3.11. The van der Waals surface area contributed by atoms with Crippen LogP contribution in [0.5, 0.6) is 0 Å². The zero-order chi connectivity index (χ0) is 16.2. The van der Waals surface area contributed by atoms with Crippen molar-refractivity contribution in [1.29, 1.82) is 0 Å². The van der Waals surface area contributed by atoms with E-state index in [1.165, 1.54) is 17.0 Å². The van der Waals surface area contributed by atoms with Crippen LogP contribution in [0, 0.1) is 0 Å². The van der Waals surface area contributed by atoms with E-state index in [9.17, 15) is 14.7 Å². The Morgan fingerprint density at radius 3 is 2.83 bits per heavy atom. The van der Waals surface area contributed by atoms with Crippen molar-refractivity contribution in [2.75, 3.05) is 6.61 Å². The standard InChI is InChI=1S/C15H15N5O3/c21-8-12(10-4-2-1-3-5-10)19-13(22)6-11-7-16-15-17-9-18-20(15)14(11)23/h1-5,7,9,12,21H,6,8H2,(H,19,22)(H,16,17,18)/t12-/m0/s1. The quantitative estimate of drug-likeness (QED) is 0.604. The summed E-state index contributed by atoms with van der Waals surface area (Å²) in [5.74, 6) is -0.122. The Kier molecular flexibility index (Phi) is 4.15. The smallest absolute Gasteiger partial charge is 0.277 e. The van der Waals surface area contributed by atoms with Gasteiger partial charge in [0.2, 0.25) is 5.91 Å². The van der Waals surface area contributed by atoms with Crippen molar-refractivity contribution in [2.45, 2.75) is 12.5 Å². The maximum absolute atomic E-state index is 12.2. The lowest BCUT2D eigenvalue weighted by molar-refractivity contribution is -0.121. The van der Waals surface area contributed by atoms with Crippen LogP contribution in [0.3, 0.4) is 0 Å². The third-order valence-corrected chi connectivity index (χ3v) is 3.45. The predicted octanol–water partition coefficient (Wildman–Crippen LogP) is -0.190. The van der Waals surface area contributed by atoms with Gasteiger partial charge in [-0.1, -0.05) is 30.3 Å². The summed E-state index contributed by atoms with van der Waals surface area (Å²) in [5.41, 5.74) is 0.666. The van der Waals surface area contributed by atoms with Crippen LogP contribution >= 0.6 is 0 Å². The van der Waals surface area contributed by atoms with Crippen molar-refractivity contribution in [2.24, 2.45) is 0 Å². The van der Waals surface area contributed by atoms with Crippen LogP contribution in [0.4, 0.5) is 0 Å². The molecule has 1 atom stereocenters. The molecule has 0 aliphatic carbocycles. The van der Waals surface area contributed by atoms with Gasteiger partial charge in [-0.15, -0.1) is 0 Å². The molecule has 1 aromatic carbocycles. The molecule has 3 N–H and O–H groups in total. The first-order valence-electron chi connectivity index (χ1n) is 7.04. The first kappa shape index (κ1) is 14.9. The lowest BCUT2D eigenvalue weighted by Crippen LogP contribution is -2.33. The molecule has 8 nitrogen and oxygen atoms in total. The number of carbonyl (C=O) groups is 1. The second-order valence-corrected chi connectivity index (χ2v) is 5.00. The van der Waals surface area contributed by atoms with Crippen molar-refractivity contribution >= 4 is 11.7 Å². The number of fused-ring (bicyclic) bond motifs is 1. The van der Waals surface area contributed by atoms with Crippen LogP contribution in [0.2, 0.25) is 0 Å². The van der Waals surface area contributed by atoms with Gasteiger partial charge < -0.3 is 10.4 Å². The van der Waals surface area contributed by atoms with Gasteiger partial charge in [-0.2, -0.15) is 4.52 Å². The molecule has 0 bridgehead atoms. The molecule has 3 aromatic rings. The minimum Gasteiger partial charge on any atom is -0.394 e. The number of hydrogen-bond acceptors (Lipinski definition) is 5. The molecule has 0 saturated heterocycles. The third-order valence-electron chi connectivity index (χ3n) is 3.45. The van der Waals surface area contributed by atoms with Crippen LogP contribution in [-0.4, -0.2) is 37.2 Å². The van der Waals surface area contributed by atoms with Crippen LogP contribution in [0.1, 0.15) is 17.2 Å². The molecule has 118 valence electrons. The molecular formula is C15H15N5O3. The van der Waals surface area contributed by atoms with Gasteiger partial charge in [-0.05, 0) is 5.56 Å². The molecular weight excluding hydrogens is 298 g/mol. The van der Waals surface area contributed by atoms with Gasteiger partial charge in [0.05, 0.1) is 19.1 Å². The van der Waals surface area contributed by atoms with Gasteiger partial charge in [0.25, 0.3) is 11.3 Å². The predicted molar refractivity (Wildman–Crippen MR) is 81.7 cm³/mol.